The first-order valence-electron chi connectivity index (χ1n) is 7.30. The fraction of sp³-hybridized carbons (Fsp3) is 0.412. The van der Waals surface area contributed by atoms with Gasteiger partial charge in [0.05, 0.1) is 11.4 Å². The largest absolute Gasteiger partial charge is 0.481 e. The molecule has 1 heterocycles. The van der Waals surface area contributed by atoms with Crippen LogP contribution in [0.4, 0.5) is 5.69 Å². The van der Waals surface area contributed by atoms with E-state index in [2.05, 4.69) is 10.3 Å². The molecule has 0 aliphatic heterocycles. The smallest absolute Gasteiger partial charge is 0.308 e. The van der Waals surface area contributed by atoms with Crippen LogP contribution in [0, 0.1) is 18.8 Å². The number of benzene rings is 1. The van der Waals surface area contributed by atoms with Crippen LogP contribution in [0.2, 0.25) is 0 Å². The maximum absolute atomic E-state index is 11.3. The number of rotatable bonds is 6. The van der Waals surface area contributed by atoms with Crippen molar-refractivity contribution in [2.24, 2.45) is 11.8 Å². The predicted octanol–water partition coefficient (Wildman–Crippen LogP) is 3.70. The summed E-state index contributed by atoms with van der Waals surface area (Å²) >= 11 is 0. The quantitative estimate of drug-likeness (QED) is 0.850. The molecule has 2 aromatic rings. The summed E-state index contributed by atoms with van der Waals surface area (Å²) in [6.07, 6.45) is 0.671. The molecule has 0 saturated heterocycles. The van der Waals surface area contributed by atoms with Gasteiger partial charge in [0.2, 0.25) is 0 Å². The van der Waals surface area contributed by atoms with Gasteiger partial charge >= 0.3 is 5.97 Å². The van der Waals surface area contributed by atoms with Crippen LogP contribution in [0.5, 0.6) is 0 Å². The lowest BCUT2D eigenvalue weighted by atomic mass is 9.97. The molecule has 0 spiro atoms. The Morgan fingerprint density at radius 1 is 1.33 bits per heavy atom. The third kappa shape index (κ3) is 3.94. The Kier molecular flexibility index (Phi) is 4.78. The van der Waals surface area contributed by atoms with Gasteiger partial charge in [0.25, 0.3) is 0 Å². The molecule has 1 atom stereocenters. The average molecular weight is 286 g/mol. The lowest BCUT2D eigenvalue weighted by Gasteiger charge is -2.17. The van der Waals surface area contributed by atoms with Gasteiger partial charge in [-0.25, -0.2) is 0 Å². The molecule has 4 heteroatoms. The molecule has 0 bridgehead atoms. The van der Waals surface area contributed by atoms with E-state index in [0.717, 1.165) is 22.3 Å². The Hall–Kier alpha value is -2.10. The normalized spacial score (nSPS) is 12.6. The molecule has 0 amide bonds. The summed E-state index contributed by atoms with van der Waals surface area (Å²) in [5.41, 5.74) is 2.80. The molecule has 0 saturated carbocycles. The molecule has 4 nitrogen and oxygen atoms in total. The monoisotopic (exact) mass is 286 g/mol. The number of nitrogens with zero attached hydrogens (tertiary/aromatic N) is 1. The second kappa shape index (κ2) is 6.57. The molecular weight excluding hydrogens is 264 g/mol. The number of hydrogen-bond acceptors (Lipinski definition) is 3. The molecule has 1 unspecified atom stereocenters. The van der Waals surface area contributed by atoms with Crippen LogP contribution in [0.25, 0.3) is 10.9 Å². The molecule has 0 aliphatic carbocycles. The maximum Gasteiger partial charge on any atom is 0.308 e. The molecule has 0 aliphatic rings. The molecule has 0 fully saturated rings. The van der Waals surface area contributed by atoms with Crippen LogP contribution < -0.4 is 5.32 Å². The van der Waals surface area contributed by atoms with E-state index >= 15 is 0 Å². The van der Waals surface area contributed by atoms with Gasteiger partial charge in [-0.2, -0.15) is 0 Å². The van der Waals surface area contributed by atoms with Gasteiger partial charge in [-0.05, 0) is 31.4 Å². The number of aryl methyl sites for hydroxylation is 1. The summed E-state index contributed by atoms with van der Waals surface area (Å²) in [6, 6.07) is 9.86. The number of aliphatic carboxylic acids is 1. The van der Waals surface area contributed by atoms with Gasteiger partial charge in [-0.15, -0.1) is 0 Å². The highest BCUT2D eigenvalue weighted by atomic mass is 16.4. The van der Waals surface area contributed by atoms with Crippen molar-refractivity contribution < 1.29 is 9.90 Å². The van der Waals surface area contributed by atoms with Gasteiger partial charge in [0.15, 0.2) is 0 Å². The highest BCUT2D eigenvalue weighted by molar-refractivity contribution is 5.91. The van der Waals surface area contributed by atoms with Crippen molar-refractivity contribution in [1.29, 1.82) is 0 Å². The van der Waals surface area contributed by atoms with E-state index in [1.54, 1.807) is 0 Å². The molecular formula is C17H22N2O2. The number of carbonyl (C=O) groups is 1. The number of pyridine rings is 1. The van der Waals surface area contributed by atoms with E-state index in [9.17, 15) is 9.90 Å². The highest BCUT2D eigenvalue weighted by Gasteiger charge is 2.19. The Morgan fingerprint density at radius 2 is 2.05 bits per heavy atom. The Balaban J connectivity index is 2.21. The Labute approximate surface area is 125 Å². The number of aromatic nitrogens is 1. The third-order valence-electron chi connectivity index (χ3n) is 3.49. The van der Waals surface area contributed by atoms with E-state index in [-0.39, 0.29) is 5.92 Å². The standard InChI is InChI=1S/C17H22N2O2/c1-11(2)8-13(17(20)21)10-18-16-9-12(3)19-15-7-5-4-6-14(15)16/h4-7,9,11,13H,8,10H2,1-3H3,(H,18,19)(H,20,21). The molecule has 21 heavy (non-hydrogen) atoms. The molecule has 1 aromatic carbocycles. The van der Waals surface area contributed by atoms with Crippen molar-refractivity contribution in [3.8, 4) is 0 Å². The second-order valence-electron chi connectivity index (χ2n) is 5.87. The number of fused-ring (bicyclic) bond motifs is 1. The topological polar surface area (TPSA) is 62.2 Å². The van der Waals surface area contributed by atoms with Gasteiger partial charge in [0, 0.05) is 23.3 Å². The Bertz CT molecular complexity index is 638. The number of anilines is 1. The van der Waals surface area contributed by atoms with Crippen LogP contribution in [-0.2, 0) is 4.79 Å². The third-order valence-corrected chi connectivity index (χ3v) is 3.49. The zero-order valence-electron chi connectivity index (χ0n) is 12.8. The SMILES string of the molecule is Cc1cc(NCC(CC(C)C)C(=O)O)c2ccccc2n1. The van der Waals surface area contributed by atoms with E-state index in [1.165, 1.54) is 0 Å². The lowest BCUT2D eigenvalue weighted by molar-refractivity contribution is -0.141. The average Bonchev–Trinajstić information content (AvgIpc) is 2.42. The first kappa shape index (κ1) is 15.3. The van der Waals surface area contributed by atoms with Crippen LogP contribution >= 0.6 is 0 Å². The van der Waals surface area contributed by atoms with Crippen LogP contribution in [0.15, 0.2) is 30.3 Å². The molecule has 2 N–H and O–H groups in total. The van der Waals surface area contributed by atoms with E-state index in [0.29, 0.717) is 18.9 Å². The first-order valence-corrected chi connectivity index (χ1v) is 7.30. The van der Waals surface area contributed by atoms with Crippen molar-refractivity contribution in [3.63, 3.8) is 0 Å². The predicted molar refractivity (Wildman–Crippen MR) is 85.6 cm³/mol. The van der Waals surface area contributed by atoms with Crippen LogP contribution in [0.1, 0.15) is 26.0 Å². The fourth-order valence-corrected chi connectivity index (χ4v) is 2.53. The number of carboxylic acids is 1. The summed E-state index contributed by atoms with van der Waals surface area (Å²) in [5, 5.41) is 13.6. The minimum Gasteiger partial charge on any atom is -0.481 e. The van der Waals surface area contributed by atoms with E-state index in [4.69, 9.17) is 0 Å². The minimum absolute atomic E-state index is 0.365. The molecule has 1 aromatic heterocycles. The van der Waals surface area contributed by atoms with Crippen molar-refractivity contribution in [3.05, 3.63) is 36.0 Å². The van der Waals surface area contributed by atoms with Crippen molar-refractivity contribution in [1.82, 2.24) is 4.98 Å². The van der Waals surface area contributed by atoms with E-state index in [1.807, 2.05) is 51.1 Å². The number of hydrogen-bond donors (Lipinski definition) is 2. The fourth-order valence-electron chi connectivity index (χ4n) is 2.53. The summed E-state index contributed by atoms with van der Waals surface area (Å²) in [5.74, 6) is -0.757. The van der Waals surface area contributed by atoms with Gasteiger partial charge < -0.3 is 10.4 Å². The molecule has 112 valence electrons. The lowest BCUT2D eigenvalue weighted by Crippen LogP contribution is -2.24. The second-order valence-corrected chi connectivity index (χ2v) is 5.87. The highest BCUT2D eigenvalue weighted by Crippen LogP contribution is 2.23. The Morgan fingerprint density at radius 3 is 2.71 bits per heavy atom. The van der Waals surface area contributed by atoms with Crippen molar-refractivity contribution in [2.75, 3.05) is 11.9 Å². The maximum atomic E-state index is 11.3. The van der Waals surface area contributed by atoms with Crippen molar-refractivity contribution in [2.45, 2.75) is 27.2 Å². The molecule has 0 radical (unpaired) electrons. The number of carboxylic acid groups (broad SMARTS) is 1. The first-order chi connectivity index (χ1) is 9.97. The van der Waals surface area contributed by atoms with Crippen molar-refractivity contribution >= 4 is 22.6 Å². The van der Waals surface area contributed by atoms with E-state index < -0.39 is 5.97 Å². The summed E-state index contributed by atoms with van der Waals surface area (Å²) < 4.78 is 0. The summed E-state index contributed by atoms with van der Waals surface area (Å²) in [4.78, 5) is 15.8. The van der Waals surface area contributed by atoms with Gasteiger partial charge in [-0.3, -0.25) is 9.78 Å². The zero-order valence-corrected chi connectivity index (χ0v) is 12.8. The number of nitrogens with one attached hydrogen (secondary N) is 1. The van der Waals surface area contributed by atoms with Crippen LogP contribution in [0.3, 0.4) is 0 Å². The summed E-state index contributed by atoms with van der Waals surface area (Å²) in [6.45, 7) is 6.46. The number of para-hydroxylation sites is 1. The summed E-state index contributed by atoms with van der Waals surface area (Å²) in [7, 11) is 0. The van der Waals surface area contributed by atoms with Crippen LogP contribution in [-0.4, -0.2) is 22.6 Å². The zero-order chi connectivity index (χ0) is 15.4. The van der Waals surface area contributed by atoms with Gasteiger partial charge in [-0.1, -0.05) is 32.0 Å². The van der Waals surface area contributed by atoms with Gasteiger partial charge in [0.1, 0.15) is 0 Å². The molecule has 2 rings (SSSR count). The minimum atomic E-state index is -0.744.